The lowest BCUT2D eigenvalue weighted by Crippen LogP contribution is -2.29. The first-order valence-electron chi connectivity index (χ1n) is 5.79. The first-order valence-corrected chi connectivity index (χ1v) is 7.35. The maximum absolute atomic E-state index is 11.7. The van der Waals surface area contributed by atoms with E-state index in [1.54, 1.807) is 6.26 Å². The number of rotatable bonds is 2. The SMILES string of the molecule is CN1CCC(c2ccccc2S(C)=O)CC1. The maximum Gasteiger partial charge on any atom is 0.0501 e. The molecule has 3 heteroatoms. The van der Waals surface area contributed by atoms with Gasteiger partial charge in [0.1, 0.15) is 0 Å². The highest BCUT2D eigenvalue weighted by Gasteiger charge is 2.21. The fourth-order valence-corrected chi connectivity index (χ4v) is 3.24. The molecule has 1 saturated heterocycles. The Kier molecular flexibility index (Phi) is 3.77. The van der Waals surface area contributed by atoms with E-state index in [-0.39, 0.29) is 0 Å². The summed E-state index contributed by atoms with van der Waals surface area (Å²) in [5, 5.41) is 0. The van der Waals surface area contributed by atoms with Crippen LogP contribution >= 0.6 is 0 Å². The van der Waals surface area contributed by atoms with Crippen molar-refractivity contribution in [1.29, 1.82) is 0 Å². The van der Waals surface area contributed by atoms with E-state index in [1.807, 2.05) is 12.1 Å². The lowest BCUT2D eigenvalue weighted by molar-refractivity contribution is 0.254. The summed E-state index contributed by atoms with van der Waals surface area (Å²) < 4.78 is 11.7. The van der Waals surface area contributed by atoms with E-state index in [0.29, 0.717) is 5.92 Å². The zero-order valence-corrected chi connectivity index (χ0v) is 10.8. The highest BCUT2D eigenvalue weighted by molar-refractivity contribution is 7.84. The van der Waals surface area contributed by atoms with Crippen LogP contribution in [0.25, 0.3) is 0 Å². The van der Waals surface area contributed by atoms with E-state index in [2.05, 4.69) is 24.1 Å². The van der Waals surface area contributed by atoms with Crippen LogP contribution in [0.4, 0.5) is 0 Å². The Morgan fingerprint density at radius 2 is 1.88 bits per heavy atom. The molecule has 0 amide bonds. The van der Waals surface area contributed by atoms with Gasteiger partial charge < -0.3 is 4.90 Å². The molecule has 1 unspecified atom stereocenters. The molecule has 0 aliphatic carbocycles. The van der Waals surface area contributed by atoms with Gasteiger partial charge >= 0.3 is 0 Å². The maximum atomic E-state index is 11.7. The van der Waals surface area contributed by atoms with Crippen molar-refractivity contribution in [3.63, 3.8) is 0 Å². The molecule has 1 aromatic rings. The van der Waals surface area contributed by atoms with Crippen LogP contribution in [0.5, 0.6) is 0 Å². The summed E-state index contributed by atoms with van der Waals surface area (Å²) in [6.07, 6.45) is 4.14. The molecule has 2 nitrogen and oxygen atoms in total. The summed E-state index contributed by atoms with van der Waals surface area (Å²) in [5.74, 6) is 0.594. The molecule has 1 atom stereocenters. The first-order chi connectivity index (χ1) is 7.68. The van der Waals surface area contributed by atoms with E-state index in [9.17, 15) is 4.21 Å². The summed E-state index contributed by atoms with van der Waals surface area (Å²) in [5.41, 5.74) is 1.30. The second kappa shape index (κ2) is 5.11. The third-order valence-corrected chi connectivity index (χ3v) is 4.38. The van der Waals surface area contributed by atoms with Gasteiger partial charge in [-0.2, -0.15) is 0 Å². The van der Waals surface area contributed by atoms with Crippen LogP contribution in [0, 0.1) is 0 Å². The number of piperidine rings is 1. The predicted octanol–water partition coefficient (Wildman–Crippen LogP) is 2.23. The molecule has 0 spiro atoms. The molecule has 0 saturated carbocycles. The third kappa shape index (κ3) is 2.53. The minimum absolute atomic E-state index is 0.594. The normalized spacial score (nSPS) is 20.9. The summed E-state index contributed by atoms with van der Waals surface area (Å²) in [6, 6.07) is 8.19. The van der Waals surface area contributed by atoms with Gasteiger partial charge in [0.15, 0.2) is 0 Å². The molecular weight excluding hydrogens is 218 g/mol. The number of hydrogen-bond acceptors (Lipinski definition) is 2. The minimum atomic E-state index is -0.865. The lowest BCUT2D eigenvalue weighted by atomic mass is 9.90. The Morgan fingerprint density at radius 1 is 1.25 bits per heavy atom. The van der Waals surface area contributed by atoms with Gasteiger partial charge in [0.05, 0.1) is 10.8 Å². The second-order valence-electron chi connectivity index (χ2n) is 4.57. The Balaban J connectivity index is 2.23. The molecule has 1 aliphatic heterocycles. The summed E-state index contributed by atoms with van der Waals surface area (Å²) in [7, 11) is 1.30. The van der Waals surface area contributed by atoms with Crippen LogP contribution in [0.3, 0.4) is 0 Å². The van der Waals surface area contributed by atoms with E-state index in [1.165, 1.54) is 18.4 Å². The van der Waals surface area contributed by atoms with Crippen LogP contribution < -0.4 is 0 Å². The van der Waals surface area contributed by atoms with Crippen LogP contribution in [0.2, 0.25) is 0 Å². The second-order valence-corrected chi connectivity index (χ2v) is 5.92. The van der Waals surface area contributed by atoms with Gasteiger partial charge in [0, 0.05) is 11.2 Å². The molecule has 0 bridgehead atoms. The Hall–Kier alpha value is -0.670. The summed E-state index contributed by atoms with van der Waals surface area (Å²) >= 11 is 0. The van der Waals surface area contributed by atoms with Gasteiger partial charge in [-0.1, -0.05) is 18.2 Å². The van der Waals surface area contributed by atoms with Crippen LogP contribution in [0.15, 0.2) is 29.2 Å². The average Bonchev–Trinajstić information content (AvgIpc) is 2.30. The van der Waals surface area contributed by atoms with E-state index < -0.39 is 10.8 Å². The van der Waals surface area contributed by atoms with Crippen molar-refractivity contribution in [3.05, 3.63) is 29.8 Å². The molecule has 16 heavy (non-hydrogen) atoms. The Labute approximate surface area is 100 Å². The summed E-state index contributed by atoms with van der Waals surface area (Å²) in [6.45, 7) is 2.30. The fraction of sp³-hybridized carbons (Fsp3) is 0.538. The van der Waals surface area contributed by atoms with Gasteiger partial charge in [0.25, 0.3) is 0 Å². The zero-order valence-electron chi connectivity index (χ0n) is 9.98. The molecule has 1 fully saturated rings. The van der Waals surface area contributed by atoms with Crippen LogP contribution in [0.1, 0.15) is 24.3 Å². The zero-order chi connectivity index (χ0) is 11.5. The van der Waals surface area contributed by atoms with Crippen molar-refractivity contribution in [2.75, 3.05) is 26.4 Å². The summed E-state index contributed by atoms with van der Waals surface area (Å²) in [4.78, 5) is 3.39. The third-order valence-electron chi connectivity index (χ3n) is 3.39. The van der Waals surface area contributed by atoms with E-state index in [0.717, 1.165) is 18.0 Å². The molecule has 88 valence electrons. The molecule has 0 N–H and O–H groups in total. The highest BCUT2D eigenvalue weighted by Crippen LogP contribution is 2.30. The van der Waals surface area contributed by atoms with E-state index >= 15 is 0 Å². The number of likely N-dealkylation sites (tertiary alicyclic amines) is 1. The predicted molar refractivity (Wildman–Crippen MR) is 68.2 cm³/mol. The van der Waals surface area contributed by atoms with Gasteiger partial charge in [-0.05, 0) is 50.5 Å². The topological polar surface area (TPSA) is 20.3 Å². The van der Waals surface area contributed by atoms with Crippen molar-refractivity contribution in [3.8, 4) is 0 Å². The molecule has 0 radical (unpaired) electrons. The number of hydrogen-bond donors (Lipinski definition) is 0. The first kappa shape index (κ1) is 11.8. The Bertz CT molecular complexity index is 383. The van der Waals surface area contributed by atoms with Gasteiger partial charge in [-0.3, -0.25) is 4.21 Å². The number of benzene rings is 1. The van der Waals surface area contributed by atoms with Crippen molar-refractivity contribution >= 4 is 10.8 Å². The van der Waals surface area contributed by atoms with Gasteiger partial charge in [-0.25, -0.2) is 0 Å². The average molecular weight is 237 g/mol. The molecule has 1 heterocycles. The van der Waals surface area contributed by atoms with Crippen molar-refractivity contribution in [2.45, 2.75) is 23.7 Å². The Morgan fingerprint density at radius 3 is 2.50 bits per heavy atom. The molecule has 1 aromatic carbocycles. The number of nitrogens with zero attached hydrogens (tertiary/aromatic N) is 1. The monoisotopic (exact) mass is 237 g/mol. The molecule has 2 rings (SSSR count). The quantitative estimate of drug-likeness (QED) is 0.786. The minimum Gasteiger partial charge on any atom is -0.306 e. The van der Waals surface area contributed by atoms with Crippen LogP contribution in [-0.2, 0) is 10.8 Å². The van der Waals surface area contributed by atoms with Crippen LogP contribution in [-0.4, -0.2) is 35.5 Å². The molecule has 0 aromatic heterocycles. The molecular formula is C13H19NOS. The van der Waals surface area contributed by atoms with Gasteiger partial charge in [-0.15, -0.1) is 0 Å². The van der Waals surface area contributed by atoms with Crippen molar-refractivity contribution < 1.29 is 4.21 Å². The lowest BCUT2D eigenvalue weighted by Gasteiger charge is -2.30. The molecule has 1 aliphatic rings. The fourth-order valence-electron chi connectivity index (χ4n) is 2.40. The van der Waals surface area contributed by atoms with Crippen molar-refractivity contribution in [1.82, 2.24) is 4.90 Å². The standard InChI is InChI=1S/C13H19NOS/c1-14-9-7-11(8-10-14)12-5-3-4-6-13(12)16(2)15/h3-6,11H,7-10H2,1-2H3. The van der Waals surface area contributed by atoms with Crippen molar-refractivity contribution in [2.24, 2.45) is 0 Å². The van der Waals surface area contributed by atoms with Gasteiger partial charge in [0.2, 0.25) is 0 Å². The van der Waals surface area contributed by atoms with E-state index in [4.69, 9.17) is 0 Å². The highest BCUT2D eigenvalue weighted by atomic mass is 32.2. The largest absolute Gasteiger partial charge is 0.306 e. The smallest absolute Gasteiger partial charge is 0.0501 e.